The van der Waals surface area contributed by atoms with Gasteiger partial charge in [-0.25, -0.2) is 4.99 Å². The second-order valence-corrected chi connectivity index (χ2v) is 7.92. The van der Waals surface area contributed by atoms with Crippen LogP contribution in [0.4, 0.5) is 5.69 Å². The van der Waals surface area contributed by atoms with Crippen molar-refractivity contribution in [3.8, 4) is 6.19 Å². The fourth-order valence-electron chi connectivity index (χ4n) is 3.93. The number of hydrogen-bond donors (Lipinski definition) is 2. The molecule has 1 atom stereocenters. The molecule has 2 N–H and O–H groups in total. The summed E-state index contributed by atoms with van der Waals surface area (Å²) in [5.74, 6) is 0.104. The molecule has 2 aliphatic heterocycles. The van der Waals surface area contributed by atoms with Crippen molar-refractivity contribution in [2.75, 3.05) is 31.5 Å². The lowest BCUT2D eigenvalue weighted by Gasteiger charge is -2.30. The zero-order valence-corrected chi connectivity index (χ0v) is 17.6. The number of piperidine rings is 1. The smallest absolute Gasteiger partial charge is 0.247 e. The number of nitrogens with zero attached hydrogens (tertiary/aromatic N) is 4. The molecule has 160 valence electrons. The first-order chi connectivity index (χ1) is 14.6. The van der Waals surface area contributed by atoms with Crippen LogP contribution in [0.1, 0.15) is 44.1 Å². The number of amides is 2. The Kier molecular flexibility index (Phi) is 7.66. The first-order valence-corrected chi connectivity index (χ1v) is 10.7. The molecule has 2 heterocycles. The van der Waals surface area contributed by atoms with E-state index in [1.54, 1.807) is 4.90 Å². The van der Waals surface area contributed by atoms with Gasteiger partial charge in [-0.05, 0) is 63.1 Å². The molecule has 0 radical (unpaired) electrons. The summed E-state index contributed by atoms with van der Waals surface area (Å²) in [4.78, 5) is 33.8. The highest BCUT2D eigenvalue weighted by Gasteiger charge is 2.30. The zero-order chi connectivity index (χ0) is 21.3. The van der Waals surface area contributed by atoms with Crippen LogP contribution in [0.15, 0.2) is 29.3 Å². The monoisotopic (exact) mass is 410 g/mol. The summed E-state index contributed by atoms with van der Waals surface area (Å²) >= 11 is 0. The highest BCUT2D eigenvalue weighted by molar-refractivity contribution is 5.97. The third-order valence-electron chi connectivity index (χ3n) is 5.53. The van der Waals surface area contributed by atoms with E-state index >= 15 is 0 Å². The Labute approximate surface area is 177 Å². The molecular formula is C22H30N6O2. The minimum absolute atomic E-state index is 0.0148. The van der Waals surface area contributed by atoms with Crippen molar-refractivity contribution in [2.24, 2.45) is 4.99 Å². The van der Waals surface area contributed by atoms with Crippen LogP contribution < -0.4 is 10.6 Å². The van der Waals surface area contributed by atoms with Gasteiger partial charge in [0.05, 0.1) is 6.54 Å². The number of nitriles is 1. The molecule has 1 aromatic rings. The highest BCUT2D eigenvalue weighted by atomic mass is 16.2. The summed E-state index contributed by atoms with van der Waals surface area (Å²) in [5.41, 5.74) is 1.86. The molecule has 0 unspecified atom stereocenters. The topological polar surface area (TPSA) is 101 Å². The summed E-state index contributed by atoms with van der Waals surface area (Å²) in [6, 6.07) is 7.08. The maximum atomic E-state index is 13.1. The predicted octanol–water partition coefficient (Wildman–Crippen LogP) is 2.23. The fourth-order valence-corrected chi connectivity index (χ4v) is 3.93. The van der Waals surface area contributed by atoms with E-state index in [2.05, 4.69) is 15.6 Å². The average molecular weight is 411 g/mol. The second kappa shape index (κ2) is 10.6. The van der Waals surface area contributed by atoms with E-state index in [0.29, 0.717) is 13.0 Å². The summed E-state index contributed by atoms with van der Waals surface area (Å²) < 4.78 is 0. The fraction of sp³-hybridized carbons (Fsp3) is 0.545. The van der Waals surface area contributed by atoms with Crippen LogP contribution in [0.5, 0.6) is 0 Å². The molecule has 2 aliphatic rings. The van der Waals surface area contributed by atoms with Gasteiger partial charge in [0.25, 0.3) is 0 Å². The second-order valence-electron chi connectivity index (χ2n) is 7.92. The molecule has 8 heteroatoms. The Hall–Kier alpha value is -3.08. The van der Waals surface area contributed by atoms with Crippen molar-refractivity contribution in [2.45, 2.75) is 51.5 Å². The van der Waals surface area contributed by atoms with Crippen LogP contribution in [0, 0.1) is 18.4 Å². The number of carbonyl (C=O) groups excluding carboxylic acids is 2. The van der Waals surface area contributed by atoms with Crippen LogP contribution in [0.2, 0.25) is 0 Å². The number of anilines is 1. The van der Waals surface area contributed by atoms with Crippen LogP contribution in [0.25, 0.3) is 0 Å². The minimum Gasteiger partial charge on any atom is -0.341 e. The van der Waals surface area contributed by atoms with Gasteiger partial charge in [0.2, 0.25) is 17.8 Å². The molecule has 3 rings (SSSR count). The van der Waals surface area contributed by atoms with Gasteiger partial charge in [-0.3, -0.25) is 14.9 Å². The Balaban J connectivity index is 1.71. The zero-order valence-electron chi connectivity index (χ0n) is 17.6. The minimum atomic E-state index is -0.616. The lowest BCUT2D eigenvalue weighted by atomic mass is 10.1. The van der Waals surface area contributed by atoms with Crippen LogP contribution in [-0.2, 0) is 9.59 Å². The van der Waals surface area contributed by atoms with Gasteiger partial charge in [0.15, 0.2) is 6.19 Å². The number of benzene rings is 1. The number of hydrogen-bond acceptors (Lipinski definition) is 4. The van der Waals surface area contributed by atoms with Crippen molar-refractivity contribution < 1.29 is 9.59 Å². The highest BCUT2D eigenvalue weighted by Crippen LogP contribution is 2.17. The van der Waals surface area contributed by atoms with E-state index < -0.39 is 6.04 Å². The van der Waals surface area contributed by atoms with Crippen molar-refractivity contribution >= 4 is 23.5 Å². The first kappa shape index (κ1) is 21.6. The lowest BCUT2D eigenvalue weighted by molar-refractivity contribution is -0.141. The first-order valence-electron chi connectivity index (χ1n) is 10.7. The molecule has 0 aromatic heterocycles. The molecule has 0 saturated carbocycles. The van der Waals surface area contributed by atoms with E-state index in [0.717, 1.165) is 56.4 Å². The van der Waals surface area contributed by atoms with E-state index in [1.807, 2.05) is 42.3 Å². The predicted molar refractivity (Wildman–Crippen MR) is 116 cm³/mol. The third-order valence-corrected chi connectivity index (χ3v) is 5.53. The largest absolute Gasteiger partial charge is 0.341 e. The average Bonchev–Trinajstić information content (AvgIpc) is 2.91. The number of aliphatic imine (C=N–C) groups is 1. The summed E-state index contributed by atoms with van der Waals surface area (Å²) in [7, 11) is 0. The molecule has 2 saturated heterocycles. The van der Waals surface area contributed by atoms with E-state index in [-0.39, 0.29) is 24.3 Å². The number of guanidine groups is 1. The Morgan fingerprint density at radius 2 is 1.97 bits per heavy atom. The van der Waals surface area contributed by atoms with Crippen LogP contribution in [0.3, 0.4) is 0 Å². The normalized spacial score (nSPS) is 20.3. The Morgan fingerprint density at radius 1 is 1.20 bits per heavy atom. The Bertz CT molecular complexity index is 825. The number of carbonyl (C=O) groups is 2. The molecule has 2 amide bonds. The third kappa shape index (κ3) is 5.96. The summed E-state index contributed by atoms with van der Waals surface area (Å²) in [6.45, 7) is 4.21. The number of likely N-dealkylation sites (tertiary alicyclic amines) is 2. The summed E-state index contributed by atoms with van der Waals surface area (Å²) in [6.07, 6.45) is 7.38. The van der Waals surface area contributed by atoms with E-state index in [4.69, 9.17) is 5.26 Å². The number of nitrogens with one attached hydrogen (secondary N) is 2. The van der Waals surface area contributed by atoms with Gasteiger partial charge < -0.3 is 15.1 Å². The van der Waals surface area contributed by atoms with Crippen molar-refractivity contribution in [1.82, 2.24) is 15.1 Å². The quantitative estimate of drug-likeness (QED) is 0.343. The summed E-state index contributed by atoms with van der Waals surface area (Å²) in [5, 5.41) is 14.7. The standard InChI is InChI=1S/C22H30N6O2/c1-17-8-7-9-18(14-17)25-22(24-16-23)26-19-10-3-6-13-28(21(19)30)15-20(29)27-11-4-2-5-12-27/h7-9,14,19H,2-6,10-13,15H2,1H3,(H2,24,25,26)/t19-/m0/s1. The molecule has 8 nitrogen and oxygen atoms in total. The van der Waals surface area contributed by atoms with Gasteiger partial charge in [-0.1, -0.05) is 12.1 Å². The molecule has 2 fully saturated rings. The SMILES string of the molecule is Cc1cccc(NC(=N[C@H]2CCCCN(CC(=O)N3CCCCC3)C2=O)NC#N)c1. The van der Waals surface area contributed by atoms with Gasteiger partial charge in [-0.2, -0.15) is 5.26 Å². The molecule has 0 spiro atoms. The molecule has 0 aliphatic carbocycles. The molecule has 0 bridgehead atoms. The number of aryl methyl sites for hydroxylation is 1. The molecule has 30 heavy (non-hydrogen) atoms. The van der Waals surface area contributed by atoms with Crippen molar-refractivity contribution in [3.05, 3.63) is 29.8 Å². The van der Waals surface area contributed by atoms with E-state index in [9.17, 15) is 9.59 Å². The van der Waals surface area contributed by atoms with Gasteiger partial charge in [-0.15, -0.1) is 0 Å². The van der Waals surface area contributed by atoms with Gasteiger partial charge in [0, 0.05) is 25.3 Å². The van der Waals surface area contributed by atoms with Gasteiger partial charge in [0.1, 0.15) is 6.04 Å². The maximum absolute atomic E-state index is 13.1. The van der Waals surface area contributed by atoms with Crippen LogP contribution >= 0.6 is 0 Å². The van der Waals surface area contributed by atoms with Crippen LogP contribution in [-0.4, -0.2) is 59.8 Å². The van der Waals surface area contributed by atoms with E-state index in [1.165, 1.54) is 0 Å². The lowest BCUT2D eigenvalue weighted by Crippen LogP contribution is -2.47. The van der Waals surface area contributed by atoms with Gasteiger partial charge >= 0.3 is 0 Å². The Morgan fingerprint density at radius 3 is 2.70 bits per heavy atom. The maximum Gasteiger partial charge on any atom is 0.247 e. The van der Waals surface area contributed by atoms with Crippen molar-refractivity contribution in [1.29, 1.82) is 5.26 Å². The number of rotatable bonds is 4. The molecular weight excluding hydrogens is 380 g/mol. The van der Waals surface area contributed by atoms with Crippen molar-refractivity contribution in [3.63, 3.8) is 0 Å². The molecule has 1 aromatic carbocycles.